The van der Waals surface area contributed by atoms with Crippen LogP contribution in [0.15, 0.2) is 35.1 Å². The first kappa shape index (κ1) is 18.5. The van der Waals surface area contributed by atoms with Crippen molar-refractivity contribution in [3.63, 3.8) is 0 Å². The molecule has 0 radical (unpaired) electrons. The van der Waals surface area contributed by atoms with Crippen LogP contribution in [-0.2, 0) is 23.4 Å². The Bertz CT molecular complexity index is 1010. The van der Waals surface area contributed by atoms with E-state index in [4.69, 9.17) is 0 Å². The smallest absolute Gasteiger partial charge is 0.276 e. The first-order valence-electron chi connectivity index (χ1n) is 9.26. The second-order valence-corrected chi connectivity index (χ2v) is 9.86. The highest BCUT2D eigenvalue weighted by molar-refractivity contribution is 7.91. The molecule has 8 heteroatoms. The monoisotopic (exact) mass is 390 g/mol. The molecule has 0 unspecified atom stereocenters. The lowest BCUT2D eigenvalue weighted by Crippen LogP contribution is -2.57. The third kappa shape index (κ3) is 3.15. The molecule has 4 rings (SSSR count). The predicted molar refractivity (Wildman–Crippen MR) is 105 cm³/mol. The highest BCUT2D eigenvalue weighted by atomic mass is 32.2. The minimum absolute atomic E-state index is 0.0177. The number of fused-ring (bicyclic) bond motifs is 1. The number of piperazine rings is 1. The summed E-state index contributed by atoms with van der Waals surface area (Å²) < 4.78 is 28.0. The van der Waals surface area contributed by atoms with Gasteiger partial charge >= 0.3 is 0 Å². The van der Waals surface area contributed by atoms with E-state index >= 15 is 0 Å². The summed E-state index contributed by atoms with van der Waals surface area (Å²) in [7, 11) is 0.856. The molecule has 0 amide bonds. The van der Waals surface area contributed by atoms with Gasteiger partial charge in [0, 0.05) is 44.5 Å². The summed E-state index contributed by atoms with van der Waals surface area (Å²) >= 11 is 0. The van der Waals surface area contributed by atoms with Gasteiger partial charge in [-0.3, -0.25) is 19.3 Å². The Morgan fingerprint density at radius 3 is 2.41 bits per heavy atom. The van der Waals surface area contributed by atoms with Crippen molar-refractivity contribution in [2.24, 2.45) is 7.05 Å². The summed E-state index contributed by atoms with van der Waals surface area (Å²) in [6.07, 6.45) is 0. The molecule has 2 aliphatic rings. The van der Waals surface area contributed by atoms with Crippen molar-refractivity contribution < 1.29 is 8.42 Å². The molecule has 1 aromatic heterocycles. The topological polar surface area (TPSA) is 67.6 Å². The van der Waals surface area contributed by atoms with E-state index in [9.17, 15) is 13.2 Å². The van der Waals surface area contributed by atoms with Crippen molar-refractivity contribution in [1.29, 1.82) is 0 Å². The number of sulfone groups is 1. The van der Waals surface area contributed by atoms with Crippen LogP contribution >= 0.6 is 0 Å². The SMILES string of the molecule is Cc1c(CN2CCN(C)[C@@H]3CS(=O)(=O)C[C@@H]32)c(=O)n(-c2ccccc2)n1C. The van der Waals surface area contributed by atoms with Gasteiger partial charge in [0.1, 0.15) is 0 Å². The molecule has 0 spiro atoms. The van der Waals surface area contributed by atoms with Gasteiger partial charge in [-0.2, -0.15) is 0 Å². The maximum Gasteiger partial charge on any atom is 0.276 e. The van der Waals surface area contributed by atoms with Crippen LogP contribution in [0.2, 0.25) is 0 Å². The lowest BCUT2D eigenvalue weighted by atomic mass is 10.0. The molecule has 2 atom stereocenters. The Morgan fingerprint density at radius 2 is 1.70 bits per heavy atom. The van der Waals surface area contributed by atoms with Crippen LogP contribution in [0, 0.1) is 6.92 Å². The summed E-state index contributed by atoms with van der Waals surface area (Å²) in [6.45, 7) is 4.03. The zero-order valence-electron chi connectivity index (χ0n) is 16.0. The van der Waals surface area contributed by atoms with Crippen molar-refractivity contribution in [2.45, 2.75) is 25.6 Å². The van der Waals surface area contributed by atoms with Crippen molar-refractivity contribution in [2.75, 3.05) is 31.6 Å². The van der Waals surface area contributed by atoms with Crippen LogP contribution in [-0.4, -0.2) is 71.3 Å². The Morgan fingerprint density at radius 1 is 1.04 bits per heavy atom. The number of nitrogens with zero attached hydrogens (tertiary/aromatic N) is 4. The number of rotatable bonds is 3. The number of hydrogen-bond donors (Lipinski definition) is 0. The van der Waals surface area contributed by atoms with Crippen molar-refractivity contribution in [3.05, 3.63) is 51.9 Å². The summed E-state index contributed by atoms with van der Waals surface area (Å²) in [6, 6.07) is 9.56. The average molecular weight is 391 g/mol. The van der Waals surface area contributed by atoms with Gasteiger partial charge in [0.25, 0.3) is 5.56 Å². The minimum Gasteiger partial charge on any atom is -0.300 e. The molecule has 0 aliphatic carbocycles. The summed E-state index contributed by atoms with van der Waals surface area (Å²) in [5, 5.41) is 0. The average Bonchev–Trinajstić information content (AvgIpc) is 3.07. The van der Waals surface area contributed by atoms with E-state index in [2.05, 4.69) is 9.80 Å². The fourth-order valence-electron chi connectivity index (χ4n) is 4.40. The van der Waals surface area contributed by atoms with Crippen molar-refractivity contribution >= 4 is 9.84 Å². The maximum absolute atomic E-state index is 13.2. The minimum atomic E-state index is -3.03. The molecule has 2 saturated heterocycles. The van der Waals surface area contributed by atoms with E-state index in [-0.39, 0.29) is 29.1 Å². The molecular weight excluding hydrogens is 364 g/mol. The molecule has 2 fully saturated rings. The van der Waals surface area contributed by atoms with Gasteiger partial charge in [-0.15, -0.1) is 0 Å². The van der Waals surface area contributed by atoms with Crippen molar-refractivity contribution in [1.82, 2.24) is 19.2 Å². The number of aromatic nitrogens is 2. The van der Waals surface area contributed by atoms with Gasteiger partial charge in [-0.25, -0.2) is 13.1 Å². The number of para-hydroxylation sites is 1. The Balaban J connectivity index is 1.69. The third-order valence-corrected chi connectivity index (χ3v) is 7.80. The van der Waals surface area contributed by atoms with Gasteiger partial charge in [-0.05, 0) is 26.1 Å². The largest absolute Gasteiger partial charge is 0.300 e. The van der Waals surface area contributed by atoms with Crippen molar-refractivity contribution in [3.8, 4) is 5.69 Å². The molecule has 0 saturated carbocycles. The Hall–Kier alpha value is -1.90. The van der Waals surface area contributed by atoms with Gasteiger partial charge in [0.2, 0.25) is 0 Å². The zero-order chi connectivity index (χ0) is 19.3. The Kier molecular flexibility index (Phi) is 4.52. The summed E-state index contributed by atoms with van der Waals surface area (Å²) in [5.41, 5.74) is 2.46. The quantitative estimate of drug-likeness (QED) is 0.759. The summed E-state index contributed by atoms with van der Waals surface area (Å²) in [4.78, 5) is 17.5. The predicted octanol–water partition coefficient (Wildman–Crippen LogP) is 0.397. The molecule has 3 heterocycles. The molecule has 1 aromatic carbocycles. The van der Waals surface area contributed by atoms with E-state index in [0.717, 1.165) is 30.0 Å². The molecule has 0 bridgehead atoms. The van der Waals surface area contributed by atoms with E-state index in [0.29, 0.717) is 6.54 Å². The van der Waals surface area contributed by atoms with Crippen LogP contribution < -0.4 is 5.56 Å². The molecule has 0 N–H and O–H groups in total. The van der Waals surface area contributed by atoms with Crippen LogP contribution in [0.5, 0.6) is 0 Å². The molecule has 27 heavy (non-hydrogen) atoms. The van der Waals surface area contributed by atoms with Gasteiger partial charge in [0.15, 0.2) is 9.84 Å². The lowest BCUT2D eigenvalue weighted by molar-refractivity contribution is 0.0569. The van der Waals surface area contributed by atoms with Gasteiger partial charge in [0.05, 0.1) is 22.8 Å². The van der Waals surface area contributed by atoms with Gasteiger partial charge < -0.3 is 0 Å². The van der Waals surface area contributed by atoms with Crippen LogP contribution in [0.3, 0.4) is 0 Å². The first-order valence-corrected chi connectivity index (χ1v) is 11.1. The van der Waals surface area contributed by atoms with E-state index in [1.807, 2.05) is 56.0 Å². The highest BCUT2D eigenvalue weighted by Gasteiger charge is 2.45. The second kappa shape index (κ2) is 6.61. The Labute approximate surface area is 159 Å². The second-order valence-electron chi connectivity index (χ2n) is 7.70. The van der Waals surface area contributed by atoms with Crippen LogP contribution in [0.4, 0.5) is 0 Å². The highest BCUT2D eigenvalue weighted by Crippen LogP contribution is 2.27. The zero-order valence-corrected chi connectivity index (χ0v) is 16.8. The number of likely N-dealkylation sites (N-methyl/N-ethyl adjacent to an activating group) is 1. The normalized spacial score (nSPS) is 25.6. The van der Waals surface area contributed by atoms with E-state index < -0.39 is 9.84 Å². The van der Waals surface area contributed by atoms with Gasteiger partial charge in [-0.1, -0.05) is 18.2 Å². The molecule has 146 valence electrons. The molecular formula is C19H26N4O3S. The van der Waals surface area contributed by atoms with Crippen LogP contribution in [0.1, 0.15) is 11.3 Å². The number of hydrogen-bond acceptors (Lipinski definition) is 5. The van der Waals surface area contributed by atoms with E-state index in [1.165, 1.54) is 0 Å². The number of benzene rings is 1. The molecule has 2 aliphatic heterocycles. The standard InChI is InChI=1S/C19H26N4O3S/c1-14-16(19(24)23(21(14)3)15-7-5-4-6-8-15)11-22-10-9-20(2)17-12-27(25,26)13-18(17)22/h4-8,17-18H,9-13H2,1-3H3/t17-,18+/m1/s1. The fraction of sp³-hybridized carbons (Fsp3) is 0.526. The summed E-state index contributed by atoms with van der Waals surface area (Å²) in [5.74, 6) is 0.396. The molecule has 2 aromatic rings. The van der Waals surface area contributed by atoms with E-state index in [1.54, 1.807) is 4.68 Å². The lowest BCUT2D eigenvalue weighted by Gasteiger charge is -2.42. The third-order valence-electron chi connectivity index (χ3n) is 6.10. The fourth-order valence-corrected chi connectivity index (χ4v) is 6.49. The maximum atomic E-state index is 13.2. The van der Waals surface area contributed by atoms with Crippen LogP contribution in [0.25, 0.3) is 5.69 Å². The first-order chi connectivity index (χ1) is 12.8. The molecule has 7 nitrogen and oxygen atoms in total.